The van der Waals surface area contributed by atoms with Crippen LogP contribution in [0.1, 0.15) is 37.3 Å². The molecule has 0 aliphatic carbocycles. The van der Waals surface area contributed by atoms with Crippen LogP contribution in [-0.4, -0.2) is 34.2 Å². The lowest BCUT2D eigenvalue weighted by atomic mass is 10.1. The van der Waals surface area contributed by atoms with Gasteiger partial charge in [-0.25, -0.2) is 0 Å². The van der Waals surface area contributed by atoms with Gasteiger partial charge in [0.15, 0.2) is 0 Å². The van der Waals surface area contributed by atoms with Crippen molar-refractivity contribution in [1.29, 1.82) is 0 Å². The van der Waals surface area contributed by atoms with Crippen LogP contribution in [0, 0.1) is 0 Å². The van der Waals surface area contributed by atoms with Crippen molar-refractivity contribution < 1.29 is 19.1 Å². The van der Waals surface area contributed by atoms with Crippen LogP contribution in [0.2, 0.25) is 0 Å². The second-order valence-electron chi connectivity index (χ2n) is 7.11. The first kappa shape index (κ1) is 24.5. The fraction of sp³-hybridized carbons (Fsp3) is 0.292. The van der Waals surface area contributed by atoms with Crippen LogP contribution in [0.3, 0.4) is 0 Å². The Hall–Kier alpha value is -2.16. The van der Waals surface area contributed by atoms with E-state index in [4.69, 9.17) is 21.7 Å². The Bertz CT molecular complexity index is 1010. The lowest BCUT2D eigenvalue weighted by Crippen LogP contribution is -2.29. The zero-order valence-electron chi connectivity index (χ0n) is 17.7. The highest BCUT2D eigenvalue weighted by Crippen LogP contribution is 2.35. The van der Waals surface area contributed by atoms with Crippen LogP contribution in [-0.2, 0) is 20.9 Å². The van der Waals surface area contributed by atoms with E-state index >= 15 is 0 Å². The number of thiocarbonyl (C=S) groups is 1. The first-order chi connectivity index (χ1) is 15.5. The number of carbonyl (C=O) groups excluding carboxylic acids is 2. The summed E-state index contributed by atoms with van der Waals surface area (Å²) in [5.74, 6) is 0.277. The molecular formula is C24H24BrNO4S2. The molecule has 1 heterocycles. The molecule has 1 fully saturated rings. The van der Waals surface area contributed by atoms with Crippen molar-refractivity contribution in [2.45, 2.75) is 32.8 Å². The summed E-state index contributed by atoms with van der Waals surface area (Å²) in [5.41, 5.74) is 1.85. The zero-order chi connectivity index (χ0) is 22.9. The second kappa shape index (κ2) is 12.2. The van der Waals surface area contributed by atoms with Gasteiger partial charge in [0.1, 0.15) is 16.7 Å². The number of halogens is 1. The van der Waals surface area contributed by atoms with Gasteiger partial charge in [0.25, 0.3) is 5.91 Å². The maximum absolute atomic E-state index is 12.9. The van der Waals surface area contributed by atoms with Crippen molar-refractivity contribution in [3.63, 3.8) is 0 Å². The summed E-state index contributed by atoms with van der Waals surface area (Å²) in [6, 6.07) is 15.6. The van der Waals surface area contributed by atoms with E-state index in [1.54, 1.807) is 11.0 Å². The van der Waals surface area contributed by atoms with E-state index in [0.717, 1.165) is 22.0 Å². The summed E-state index contributed by atoms with van der Waals surface area (Å²) >= 11 is 10.2. The minimum Gasteiger partial charge on any atom is -0.488 e. The van der Waals surface area contributed by atoms with Gasteiger partial charge in [-0.05, 0) is 42.7 Å². The molecule has 32 heavy (non-hydrogen) atoms. The normalized spacial score (nSPS) is 14.8. The van der Waals surface area contributed by atoms with Crippen molar-refractivity contribution >= 4 is 62.2 Å². The minimum absolute atomic E-state index is 0.157. The third-order valence-electron chi connectivity index (χ3n) is 4.60. The number of hydrogen-bond acceptors (Lipinski definition) is 6. The molecule has 2 aromatic carbocycles. The van der Waals surface area contributed by atoms with Gasteiger partial charge in [-0.1, -0.05) is 77.2 Å². The highest BCUT2D eigenvalue weighted by atomic mass is 79.9. The Labute approximate surface area is 206 Å². The van der Waals surface area contributed by atoms with Gasteiger partial charge in [-0.15, -0.1) is 0 Å². The Morgan fingerprint density at radius 1 is 1.22 bits per heavy atom. The predicted octanol–water partition coefficient (Wildman–Crippen LogP) is 5.96. The molecule has 1 aliphatic heterocycles. The molecule has 1 amide bonds. The van der Waals surface area contributed by atoms with Gasteiger partial charge >= 0.3 is 5.97 Å². The monoisotopic (exact) mass is 533 g/mol. The number of benzene rings is 2. The molecule has 0 aromatic heterocycles. The van der Waals surface area contributed by atoms with Crippen LogP contribution in [0.25, 0.3) is 6.08 Å². The first-order valence-corrected chi connectivity index (χ1v) is 12.4. The summed E-state index contributed by atoms with van der Waals surface area (Å²) in [7, 11) is 0. The van der Waals surface area contributed by atoms with Crippen LogP contribution < -0.4 is 4.74 Å². The maximum Gasteiger partial charge on any atom is 0.305 e. The van der Waals surface area contributed by atoms with Crippen LogP contribution >= 0.6 is 39.9 Å². The number of esters is 1. The molecule has 0 unspecified atom stereocenters. The highest BCUT2D eigenvalue weighted by Gasteiger charge is 2.32. The van der Waals surface area contributed by atoms with Crippen molar-refractivity contribution in [2.24, 2.45) is 0 Å². The van der Waals surface area contributed by atoms with E-state index in [1.165, 1.54) is 11.8 Å². The van der Waals surface area contributed by atoms with E-state index in [0.29, 0.717) is 41.2 Å². The van der Waals surface area contributed by atoms with Crippen molar-refractivity contribution in [3.8, 4) is 5.75 Å². The molecule has 0 atom stereocenters. The smallest absolute Gasteiger partial charge is 0.305 e. The summed E-state index contributed by atoms with van der Waals surface area (Å²) < 4.78 is 12.5. The van der Waals surface area contributed by atoms with Crippen molar-refractivity contribution in [2.75, 3.05) is 13.2 Å². The average molecular weight is 534 g/mol. The van der Waals surface area contributed by atoms with Gasteiger partial charge in [0, 0.05) is 23.0 Å². The van der Waals surface area contributed by atoms with Gasteiger partial charge < -0.3 is 9.47 Å². The van der Waals surface area contributed by atoms with Gasteiger partial charge in [0.05, 0.1) is 11.5 Å². The molecular weight excluding hydrogens is 510 g/mol. The molecule has 5 nitrogen and oxygen atoms in total. The lowest BCUT2D eigenvalue weighted by Gasteiger charge is -2.14. The van der Waals surface area contributed by atoms with Gasteiger partial charge in [0.2, 0.25) is 0 Å². The summed E-state index contributed by atoms with van der Waals surface area (Å²) in [6.45, 7) is 3.19. The van der Waals surface area contributed by atoms with Crippen LogP contribution in [0.5, 0.6) is 5.75 Å². The Morgan fingerprint density at radius 3 is 2.75 bits per heavy atom. The number of amides is 1. The highest BCUT2D eigenvalue weighted by molar-refractivity contribution is 9.10. The SMILES string of the molecule is CCCOC(=O)CCCN1C(=O)/C(=C/c2cc(Br)ccc2OCc2ccccc2)SC1=S. The van der Waals surface area contributed by atoms with E-state index in [1.807, 2.05) is 55.5 Å². The number of ether oxygens (including phenoxy) is 2. The Morgan fingerprint density at radius 2 is 2.00 bits per heavy atom. The average Bonchev–Trinajstić information content (AvgIpc) is 3.05. The van der Waals surface area contributed by atoms with Crippen molar-refractivity contribution in [3.05, 3.63) is 69.0 Å². The first-order valence-electron chi connectivity index (χ1n) is 10.3. The molecule has 168 valence electrons. The molecule has 0 spiro atoms. The lowest BCUT2D eigenvalue weighted by molar-refractivity contribution is -0.144. The number of rotatable bonds is 10. The van der Waals surface area contributed by atoms with E-state index in [2.05, 4.69) is 15.9 Å². The van der Waals surface area contributed by atoms with Crippen molar-refractivity contribution in [1.82, 2.24) is 4.90 Å². The van der Waals surface area contributed by atoms with E-state index < -0.39 is 0 Å². The van der Waals surface area contributed by atoms with Crippen LogP contribution in [0.15, 0.2) is 57.9 Å². The quantitative estimate of drug-likeness (QED) is 0.213. The zero-order valence-corrected chi connectivity index (χ0v) is 20.9. The molecule has 0 N–H and O–H groups in total. The molecule has 0 radical (unpaired) electrons. The molecule has 2 aromatic rings. The number of hydrogen-bond donors (Lipinski definition) is 0. The van der Waals surface area contributed by atoms with E-state index in [9.17, 15) is 9.59 Å². The third kappa shape index (κ3) is 6.92. The molecule has 1 aliphatic rings. The summed E-state index contributed by atoms with van der Waals surface area (Å²) in [5, 5.41) is 0. The molecule has 1 saturated heterocycles. The Kier molecular flexibility index (Phi) is 9.32. The van der Waals surface area contributed by atoms with E-state index in [-0.39, 0.29) is 18.3 Å². The molecule has 3 rings (SSSR count). The van der Waals surface area contributed by atoms with Gasteiger partial charge in [-0.2, -0.15) is 0 Å². The number of carbonyl (C=O) groups is 2. The predicted molar refractivity (Wildman–Crippen MR) is 135 cm³/mol. The molecule has 0 bridgehead atoms. The Balaban J connectivity index is 1.67. The summed E-state index contributed by atoms with van der Waals surface area (Å²) in [6.07, 6.45) is 3.36. The molecule has 0 saturated carbocycles. The largest absolute Gasteiger partial charge is 0.488 e. The molecule has 8 heteroatoms. The topological polar surface area (TPSA) is 55.8 Å². The fourth-order valence-electron chi connectivity index (χ4n) is 3.00. The maximum atomic E-state index is 12.9. The van der Waals surface area contributed by atoms with Crippen LogP contribution in [0.4, 0.5) is 0 Å². The number of thioether (sulfide) groups is 1. The minimum atomic E-state index is -0.248. The number of nitrogens with zero attached hydrogens (tertiary/aromatic N) is 1. The van der Waals surface area contributed by atoms with Gasteiger partial charge in [-0.3, -0.25) is 14.5 Å². The fourth-order valence-corrected chi connectivity index (χ4v) is 4.68. The summed E-state index contributed by atoms with van der Waals surface area (Å²) in [4.78, 5) is 26.7. The standard InChI is InChI=1S/C24H24BrNO4S2/c1-2-13-29-22(27)9-6-12-26-23(28)21(32-24(26)31)15-18-14-19(25)10-11-20(18)30-16-17-7-4-3-5-8-17/h3-5,7-8,10-11,14-15H,2,6,9,12-13,16H2,1H3/b21-15-. The third-order valence-corrected chi connectivity index (χ3v) is 6.47. The second-order valence-corrected chi connectivity index (χ2v) is 9.71.